The lowest BCUT2D eigenvalue weighted by atomic mass is 10.0. The molecule has 0 saturated carbocycles. The predicted molar refractivity (Wildman–Crippen MR) is 98.9 cm³/mol. The molecule has 4 heteroatoms. The summed E-state index contributed by atoms with van der Waals surface area (Å²) in [5.74, 6) is -1.74. The van der Waals surface area contributed by atoms with Gasteiger partial charge in [-0.25, -0.2) is 10.1 Å². The van der Waals surface area contributed by atoms with Gasteiger partial charge < -0.3 is 9.99 Å². The highest BCUT2D eigenvalue weighted by Gasteiger charge is 2.05. The maximum Gasteiger partial charge on any atom is 0.375 e. The molecule has 0 aromatic heterocycles. The van der Waals surface area contributed by atoms with Crippen LogP contribution in [-0.4, -0.2) is 16.3 Å². The Morgan fingerprint density at radius 3 is 1.71 bits per heavy atom. The lowest BCUT2D eigenvalue weighted by molar-refractivity contribution is -0.210. The van der Waals surface area contributed by atoms with Crippen molar-refractivity contribution in [2.24, 2.45) is 0 Å². The number of carboxylic acids is 1. The molecule has 0 aliphatic carbocycles. The predicted octanol–water partition coefficient (Wildman–Crippen LogP) is 6.48. The first-order valence-corrected chi connectivity index (χ1v) is 9.64. The minimum absolute atomic E-state index is 0.461. The molecule has 0 aliphatic rings. The quantitative estimate of drug-likeness (QED) is 0.0793. The van der Waals surface area contributed by atoms with E-state index in [1.165, 1.54) is 83.1 Å². The minimum Gasteiger partial charge on any atom is -0.475 e. The molecule has 0 amide bonds. The van der Waals surface area contributed by atoms with E-state index >= 15 is 0 Å². The van der Waals surface area contributed by atoms with Crippen LogP contribution in [0.2, 0.25) is 0 Å². The Hall–Kier alpha value is -1.29. The van der Waals surface area contributed by atoms with Crippen molar-refractivity contribution in [1.29, 1.82) is 0 Å². The van der Waals surface area contributed by atoms with Crippen molar-refractivity contribution < 1.29 is 20.0 Å². The van der Waals surface area contributed by atoms with E-state index in [1.54, 1.807) is 6.08 Å². The van der Waals surface area contributed by atoms with E-state index in [4.69, 9.17) is 10.4 Å². The Balaban J connectivity index is 3.30. The average Bonchev–Trinajstić information content (AvgIpc) is 2.57. The molecule has 0 spiro atoms. The topological polar surface area (TPSA) is 66.8 Å². The SMILES string of the molecule is CCCCCCCCCCCCCCCC=CC=C(OO)C(=O)O. The van der Waals surface area contributed by atoms with Gasteiger partial charge in [-0.1, -0.05) is 96.1 Å². The van der Waals surface area contributed by atoms with Crippen LogP contribution >= 0.6 is 0 Å². The normalized spacial score (nSPS) is 12.0. The third kappa shape index (κ3) is 15.6. The fraction of sp³-hybridized carbons (Fsp3) is 0.750. The van der Waals surface area contributed by atoms with E-state index < -0.39 is 11.7 Å². The van der Waals surface area contributed by atoms with Crippen molar-refractivity contribution in [3.8, 4) is 0 Å². The molecule has 0 saturated heterocycles. The number of carboxylic acid groups (broad SMARTS) is 1. The molecule has 0 heterocycles. The Morgan fingerprint density at radius 1 is 0.833 bits per heavy atom. The molecule has 140 valence electrons. The molecule has 24 heavy (non-hydrogen) atoms. The summed E-state index contributed by atoms with van der Waals surface area (Å²) < 4.78 is 0. The summed E-state index contributed by atoms with van der Waals surface area (Å²) in [4.78, 5) is 14.3. The third-order valence-corrected chi connectivity index (χ3v) is 4.17. The smallest absolute Gasteiger partial charge is 0.375 e. The van der Waals surface area contributed by atoms with Crippen LogP contribution in [0.15, 0.2) is 24.0 Å². The second-order valence-corrected chi connectivity index (χ2v) is 6.39. The van der Waals surface area contributed by atoms with Gasteiger partial charge in [-0.15, -0.1) is 0 Å². The highest BCUT2D eigenvalue weighted by Crippen LogP contribution is 2.13. The molecule has 0 radical (unpaired) electrons. The van der Waals surface area contributed by atoms with E-state index in [1.807, 2.05) is 6.08 Å². The van der Waals surface area contributed by atoms with E-state index in [-0.39, 0.29) is 0 Å². The van der Waals surface area contributed by atoms with Gasteiger partial charge in [-0.05, 0) is 18.9 Å². The molecule has 0 fully saturated rings. The molecule has 0 aliphatic heterocycles. The maximum absolute atomic E-state index is 10.5. The van der Waals surface area contributed by atoms with Gasteiger partial charge in [-0.3, -0.25) is 0 Å². The Bertz CT molecular complexity index is 348. The van der Waals surface area contributed by atoms with E-state index in [0.29, 0.717) is 0 Å². The zero-order valence-corrected chi connectivity index (χ0v) is 15.3. The van der Waals surface area contributed by atoms with E-state index in [0.717, 1.165) is 12.8 Å². The van der Waals surface area contributed by atoms with Crippen molar-refractivity contribution in [2.45, 2.75) is 96.8 Å². The molecular formula is C20H36O4. The van der Waals surface area contributed by atoms with Crippen molar-refractivity contribution in [3.63, 3.8) is 0 Å². The fourth-order valence-corrected chi connectivity index (χ4v) is 2.67. The number of allylic oxidation sites excluding steroid dienone is 3. The van der Waals surface area contributed by atoms with Gasteiger partial charge >= 0.3 is 5.97 Å². The molecule has 0 aromatic carbocycles. The van der Waals surface area contributed by atoms with Crippen LogP contribution in [-0.2, 0) is 9.68 Å². The molecule has 0 aromatic rings. The molecule has 4 nitrogen and oxygen atoms in total. The summed E-state index contributed by atoms with van der Waals surface area (Å²) in [5, 5.41) is 17.0. The van der Waals surface area contributed by atoms with Gasteiger partial charge in [0.15, 0.2) is 0 Å². The van der Waals surface area contributed by atoms with Gasteiger partial charge in [0.1, 0.15) is 0 Å². The first-order valence-electron chi connectivity index (χ1n) is 9.64. The average molecular weight is 341 g/mol. The lowest BCUT2D eigenvalue weighted by Crippen LogP contribution is -2.01. The summed E-state index contributed by atoms with van der Waals surface area (Å²) in [6, 6.07) is 0. The molecular weight excluding hydrogens is 304 g/mol. The largest absolute Gasteiger partial charge is 0.475 e. The minimum atomic E-state index is -1.27. The zero-order chi connectivity index (χ0) is 17.9. The number of aliphatic carboxylic acids is 1. The lowest BCUT2D eigenvalue weighted by Gasteiger charge is -2.02. The monoisotopic (exact) mass is 340 g/mol. The number of carbonyl (C=O) groups is 1. The first-order chi connectivity index (χ1) is 11.7. The molecule has 0 bridgehead atoms. The molecule has 0 rings (SSSR count). The number of hydrogen-bond acceptors (Lipinski definition) is 3. The summed E-state index contributed by atoms with van der Waals surface area (Å²) >= 11 is 0. The summed E-state index contributed by atoms with van der Waals surface area (Å²) in [5.41, 5.74) is 0. The maximum atomic E-state index is 10.5. The third-order valence-electron chi connectivity index (χ3n) is 4.17. The molecule has 0 unspecified atom stereocenters. The highest BCUT2D eigenvalue weighted by molar-refractivity contribution is 5.84. The summed E-state index contributed by atoms with van der Waals surface area (Å²) in [6.45, 7) is 2.26. The second kappa shape index (κ2) is 18.1. The molecule has 0 atom stereocenters. The van der Waals surface area contributed by atoms with Crippen LogP contribution in [0, 0.1) is 0 Å². The number of rotatable bonds is 17. The zero-order valence-electron chi connectivity index (χ0n) is 15.3. The van der Waals surface area contributed by atoms with E-state index in [2.05, 4.69) is 11.8 Å². The number of unbranched alkanes of at least 4 members (excludes halogenated alkanes) is 13. The van der Waals surface area contributed by atoms with Crippen LogP contribution in [0.1, 0.15) is 96.8 Å². The highest BCUT2D eigenvalue weighted by atomic mass is 17.1. The van der Waals surface area contributed by atoms with Crippen molar-refractivity contribution in [1.82, 2.24) is 0 Å². The van der Waals surface area contributed by atoms with Crippen molar-refractivity contribution in [2.75, 3.05) is 0 Å². The summed E-state index contributed by atoms with van der Waals surface area (Å²) in [6.07, 6.45) is 23.1. The van der Waals surface area contributed by atoms with Gasteiger partial charge in [0.05, 0.1) is 0 Å². The number of hydrogen-bond donors (Lipinski definition) is 2. The van der Waals surface area contributed by atoms with E-state index in [9.17, 15) is 4.79 Å². The Kier molecular flexibility index (Phi) is 17.1. The van der Waals surface area contributed by atoms with Crippen molar-refractivity contribution in [3.05, 3.63) is 24.0 Å². The first kappa shape index (κ1) is 22.7. The standard InChI is InChI=1S/C20H36O4/c1-2-3-4-5-6-7-8-9-10-11-12-13-14-15-16-17-18-19(24-23)20(21)22/h16-18,23H,2-15H2,1H3,(H,21,22). The van der Waals surface area contributed by atoms with Gasteiger partial charge in [0.25, 0.3) is 0 Å². The van der Waals surface area contributed by atoms with Gasteiger partial charge in [0.2, 0.25) is 5.76 Å². The van der Waals surface area contributed by atoms with Crippen molar-refractivity contribution >= 4 is 5.97 Å². The van der Waals surface area contributed by atoms with Gasteiger partial charge in [-0.2, -0.15) is 0 Å². The molecule has 2 N–H and O–H groups in total. The second-order valence-electron chi connectivity index (χ2n) is 6.39. The Labute approximate surface area is 147 Å². The van der Waals surface area contributed by atoms with Crippen LogP contribution in [0.3, 0.4) is 0 Å². The summed E-state index contributed by atoms with van der Waals surface area (Å²) in [7, 11) is 0. The van der Waals surface area contributed by atoms with Crippen LogP contribution in [0.4, 0.5) is 0 Å². The Morgan fingerprint density at radius 2 is 1.29 bits per heavy atom. The van der Waals surface area contributed by atoms with Gasteiger partial charge in [0, 0.05) is 0 Å². The van der Waals surface area contributed by atoms with Crippen LogP contribution in [0.5, 0.6) is 0 Å². The van der Waals surface area contributed by atoms with Crippen LogP contribution in [0.25, 0.3) is 0 Å². The fourth-order valence-electron chi connectivity index (χ4n) is 2.67. The van der Waals surface area contributed by atoms with Crippen LogP contribution < -0.4 is 0 Å².